The molecule has 0 spiro atoms. The Bertz CT molecular complexity index is 1060. The van der Waals surface area contributed by atoms with E-state index in [4.69, 9.17) is 0 Å². The molecule has 0 aliphatic carbocycles. The second-order valence-electron chi connectivity index (χ2n) is 6.25. The summed E-state index contributed by atoms with van der Waals surface area (Å²) in [7, 11) is -3.30. The van der Waals surface area contributed by atoms with E-state index in [0.717, 1.165) is 31.0 Å². The lowest BCUT2D eigenvalue weighted by Gasteiger charge is -2.24. The maximum atomic E-state index is 11.9. The molecule has 0 saturated carbocycles. The van der Waals surface area contributed by atoms with Crippen LogP contribution in [0.1, 0.15) is 30.5 Å². The Kier molecular flexibility index (Phi) is 3.68. The third kappa shape index (κ3) is 2.95. The van der Waals surface area contributed by atoms with Crippen molar-refractivity contribution in [3.8, 4) is 0 Å². The molecule has 130 valence electrons. The predicted molar refractivity (Wildman–Crippen MR) is 93.0 cm³/mol. The predicted octanol–water partition coefficient (Wildman–Crippen LogP) is 1.88. The number of rotatable bonds is 3. The standard InChI is InChI=1S/C16H18N6O2S/c1-10-19-16-14(4-3-7-22(16)21-10)20-15-12-8-11(25(2,23)24)5-6-13(12)17-9-18-15/h5-6,8-9,14H,3-4,7H2,1-2H3,(H,17,18,20). The summed E-state index contributed by atoms with van der Waals surface area (Å²) in [5.41, 5.74) is 0.693. The lowest BCUT2D eigenvalue weighted by atomic mass is 10.1. The summed E-state index contributed by atoms with van der Waals surface area (Å²) < 4.78 is 25.6. The molecule has 2 aromatic heterocycles. The van der Waals surface area contributed by atoms with Gasteiger partial charge >= 0.3 is 0 Å². The van der Waals surface area contributed by atoms with Gasteiger partial charge in [-0.25, -0.2) is 28.1 Å². The van der Waals surface area contributed by atoms with Crippen LogP contribution >= 0.6 is 0 Å². The van der Waals surface area contributed by atoms with Crippen LogP contribution < -0.4 is 5.32 Å². The summed E-state index contributed by atoms with van der Waals surface area (Å²) in [6.07, 6.45) is 4.57. The number of aromatic nitrogens is 5. The van der Waals surface area contributed by atoms with Gasteiger partial charge in [0, 0.05) is 18.2 Å². The van der Waals surface area contributed by atoms with E-state index < -0.39 is 9.84 Å². The molecule has 0 bridgehead atoms. The third-order valence-corrected chi connectivity index (χ3v) is 5.44. The molecule has 1 aromatic carbocycles. The third-order valence-electron chi connectivity index (χ3n) is 4.33. The van der Waals surface area contributed by atoms with E-state index in [1.54, 1.807) is 18.2 Å². The molecule has 3 heterocycles. The van der Waals surface area contributed by atoms with Gasteiger partial charge in [0.1, 0.15) is 23.8 Å². The number of hydrogen-bond acceptors (Lipinski definition) is 7. The molecule has 1 unspecified atom stereocenters. The average molecular weight is 358 g/mol. The topological polar surface area (TPSA) is 103 Å². The molecule has 25 heavy (non-hydrogen) atoms. The zero-order valence-electron chi connectivity index (χ0n) is 14.0. The molecule has 9 heteroatoms. The first-order valence-electron chi connectivity index (χ1n) is 8.04. The molecule has 0 fully saturated rings. The van der Waals surface area contributed by atoms with Crippen LogP contribution in [0.5, 0.6) is 0 Å². The van der Waals surface area contributed by atoms with E-state index in [9.17, 15) is 8.42 Å². The van der Waals surface area contributed by atoms with Gasteiger partial charge in [-0.15, -0.1) is 0 Å². The van der Waals surface area contributed by atoms with Crippen LogP contribution in [0.4, 0.5) is 5.82 Å². The minimum Gasteiger partial charge on any atom is -0.359 e. The highest BCUT2D eigenvalue weighted by atomic mass is 32.2. The summed E-state index contributed by atoms with van der Waals surface area (Å²) in [6.45, 7) is 2.73. The normalized spacial score (nSPS) is 17.4. The number of nitrogens with zero attached hydrogens (tertiary/aromatic N) is 5. The van der Waals surface area contributed by atoms with E-state index >= 15 is 0 Å². The summed E-state index contributed by atoms with van der Waals surface area (Å²) in [5.74, 6) is 2.24. The summed E-state index contributed by atoms with van der Waals surface area (Å²) >= 11 is 0. The first-order chi connectivity index (χ1) is 11.9. The SMILES string of the molecule is Cc1nc2n(n1)CCCC2Nc1ncnc2ccc(S(C)(=O)=O)cc12. The number of nitrogens with one attached hydrogen (secondary N) is 1. The summed E-state index contributed by atoms with van der Waals surface area (Å²) in [4.78, 5) is 13.3. The highest BCUT2D eigenvalue weighted by Crippen LogP contribution is 2.30. The van der Waals surface area contributed by atoms with Gasteiger partial charge in [-0.3, -0.25) is 0 Å². The molecule has 0 radical (unpaired) electrons. The number of benzene rings is 1. The maximum absolute atomic E-state index is 11.9. The highest BCUT2D eigenvalue weighted by molar-refractivity contribution is 7.90. The van der Waals surface area contributed by atoms with Gasteiger partial charge in [0.2, 0.25) is 0 Å². The van der Waals surface area contributed by atoms with Crippen molar-refractivity contribution in [1.29, 1.82) is 0 Å². The van der Waals surface area contributed by atoms with Crippen molar-refractivity contribution >= 4 is 26.6 Å². The Morgan fingerprint density at radius 1 is 1.28 bits per heavy atom. The maximum Gasteiger partial charge on any atom is 0.175 e. The van der Waals surface area contributed by atoms with Gasteiger partial charge in [0.25, 0.3) is 0 Å². The smallest absolute Gasteiger partial charge is 0.175 e. The van der Waals surface area contributed by atoms with E-state index in [0.29, 0.717) is 16.7 Å². The molecule has 1 aliphatic heterocycles. The lowest BCUT2D eigenvalue weighted by molar-refractivity contribution is 0.437. The Labute approximate surface area is 145 Å². The molecule has 0 amide bonds. The fourth-order valence-corrected chi connectivity index (χ4v) is 3.80. The zero-order valence-corrected chi connectivity index (χ0v) is 14.8. The number of anilines is 1. The quantitative estimate of drug-likeness (QED) is 0.762. The van der Waals surface area contributed by atoms with Crippen LogP contribution in [-0.4, -0.2) is 39.4 Å². The highest BCUT2D eigenvalue weighted by Gasteiger charge is 2.24. The van der Waals surface area contributed by atoms with E-state index in [1.165, 1.54) is 12.6 Å². The number of fused-ring (bicyclic) bond motifs is 2. The molecule has 1 atom stereocenters. The van der Waals surface area contributed by atoms with Crippen molar-refractivity contribution in [2.24, 2.45) is 0 Å². The van der Waals surface area contributed by atoms with Crippen molar-refractivity contribution in [2.45, 2.75) is 37.2 Å². The van der Waals surface area contributed by atoms with Crippen molar-refractivity contribution in [3.05, 3.63) is 36.2 Å². The van der Waals surface area contributed by atoms with Crippen LogP contribution in [0, 0.1) is 6.92 Å². The molecular weight excluding hydrogens is 340 g/mol. The first kappa shape index (κ1) is 15.9. The Morgan fingerprint density at radius 2 is 2.12 bits per heavy atom. The first-order valence-corrected chi connectivity index (χ1v) is 9.94. The van der Waals surface area contributed by atoms with Gasteiger partial charge in [-0.2, -0.15) is 5.10 Å². The van der Waals surface area contributed by atoms with Crippen LogP contribution in [0.25, 0.3) is 10.9 Å². The fraction of sp³-hybridized carbons (Fsp3) is 0.375. The summed E-state index contributed by atoms with van der Waals surface area (Å²) in [6, 6.07) is 4.86. The van der Waals surface area contributed by atoms with Gasteiger partial charge < -0.3 is 5.32 Å². The van der Waals surface area contributed by atoms with Crippen LogP contribution in [-0.2, 0) is 16.4 Å². The molecule has 1 aliphatic rings. The van der Waals surface area contributed by atoms with Crippen molar-refractivity contribution in [2.75, 3.05) is 11.6 Å². The largest absolute Gasteiger partial charge is 0.359 e. The fourth-order valence-electron chi connectivity index (χ4n) is 3.15. The average Bonchev–Trinajstić information content (AvgIpc) is 2.95. The lowest BCUT2D eigenvalue weighted by Crippen LogP contribution is -2.23. The Balaban J connectivity index is 1.77. The van der Waals surface area contributed by atoms with Gasteiger partial charge in [-0.1, -0.05) is 0 Å². The number of aryl methyl sites for hydroxylation is 2. The van der Waals surface area contributed by atoms with Crippen LogP contribution in [0.15, 0.2) is 29.4 Å². The molecule has 0 saturated heterocycles. The molecular formula is C16H18N6O2S. The van der Waals surface area contributed by atoms with Crippen molar-refractivity contribution < 1.29 is 8.42 Å². The second kappa shape index (κ2) is 5.76. The van der Waals surface area contributed by atoms with Gasteiger partial charge in [-0.05, 0) is 38.0 Å². The van der Waals surface area contributed by atoms with E-state index in [2.05, 4.69) is 25.4 Å². The van der Waals surface area contributed by atoms with E-state index in [1.807, 2.05) is 11.6 Å². The van der Waals surface area contributed by atoms with Crippen molar-refractivity contribution in [1.82, 2.24) is 24.7 Å². The zero-order chi connectivity index (χ0) is 17.6. The minimum atomic E-state index is -3.30. The monoisotopic (exact) mass is 358 g/mol. The molecule has 8 nitrogen and oxygen atoms in total. The number of sulfone groups is 1. The Hall–Kier alpha value is -2.55. The van der Waals surface area contributed by atoms with Crippen molar-refractivity contribution in [3.63, 3.8) is 0 Å². The van der Waals surface area contributed by atoms with Gasteiger partial charge in [0.05, 0.1) is 16.5 Å². The Morgan fingerprint density at radius 3 is 2.92 bits per heavy atom. The van der Waals surface area contributed by atoms with Gasteiger partial charge in [0.15, 0.2) is 9.84 Å². The summed E-state index contributed by atoms with van der Waals surface area (Å²) in [5, 5.41) is 8.49. The number of hydrogen-bond donors (Lipinski definition) is 1. The second-order valence-corrected chi connectivity index (χ2v) is 8.27. The molecule has 3 aromatic rings. The van der Waals surface area contributed by atoms with Crippen LogP contribution in [0.2, 0.25) is 0 Å². The van der Waals surface area contributed by atoms with Crippen LogP contribution in [0.3, 0.4) is 0 Å². The molecule has 1 N–H and O–H groups in total. The van der Waals surface area contributed by atoms with E-state index in [-0.39, 0.29) is 10.9 Å². The molecule has 4 rings (SSSR count). The minimum absolute atomic E-state index is 0.0186.